The fourth-order valence-corrected chi connectivity index (χ4v) is 3.12. The number of benzene rings is 2. The Morgan fingerprint density at radius 2 is 1.96 bits per heavy atom. The minimum absolute atomic E-state index is 0.150. The Labute approximate surface area is 161 Å². The maximum Gasteiger partial charge on any atom is 0.265 e. The van der Waals surface area contributed by atoms with Crippen LogP contribution >= 0.6 is 11.6 Å². The topological polar surface area (TPSA) is 65.4 Å². The van der Waals surface area contributed by atoms with E-state index >= 15 is 0 Å². The van der Waals surface area contributed by atoms with E-state index in [1.54, 1.807) is 24.4 Å². The number of aryl methyl sites for hydroxylation is 1. The van der Waals surface area contributed by atoms with Crippen LogP contribution in [0.25, 0.3) is 0 Å². The highest BCUT2D eigenvalue weighted by Crippen LogP contribution is 2.31. The Bertz CT molecular complexity index is 955. The van der Waals surface area contributed by atoms with Crippen LogP contribution in [0.15, 0.2) is 60.9 Å². The summed E-state index contributed by atoms with van der Waals surface area (Å²) < 4.78 is 13.3. The maximum atomic E-state index is 12.9. The van der Waals surface area contributed by atoms with Crippen LogP contribution in [0.2, 0.25) is 5.02 Å². The maximum absolute atomic E-state index is 12.9. The van der Waals surface area contributed by atoms with E-state index in [4.69, 9.17) is 21.1 Å². The quantitative estimate of drug-likeness (QED) is 0.751. The van der Waals surface area contributed by atoms with Crippen molar-refractivity contribution in [3.05, 3.63) is 77.3 Å². The lowest BCUT2D eigenvalue weighted by atomic mass is 10.1. The number of para-hydroxylation sites is 2. The van der Waals surface area contributed by atoms with Gasteiger partial charge in [0.15, 0.2) is 11.5 Å². The molecule has 1 amide bonds. The van der Waals surface area contributed by atoms with Gasteiger partial charge >= 0.3 is 0 Å². The average Bonchev–Trinajstić information content (AvgIpc) is 3.12. The Kier molecular flexibility index (Phi) is 4.73. The van der Waals surface area contributed by atoms with Crippen molar-refractivity contribution in [3.8, 4) is 11.5 Å². The Morgan fingerprint density at radius 1 is 1.22 bits per heavy atom. The van der Waals surface area contributed by atoms with Crippen molar-refractivity contribution in [2.24, 2.45) is 7.05 Å². The number of imidazole rings is 1. The molecule has 1 N–H and O–H groups in total. The van der Waals surface area contributed by atoms with Crippen LogP contribution < -0.4 is 14.8 Å². The molecular formula is C20H18ClN3O3. The largest absolute Gasteiger partial charge is 0.485 e. The van der Waals surface area contributed by atoms with E-state index in [1.165, 1.54) is 0 Å². The van der Waals surface area contributed by atoms with Crippen LogP contribution in [-0.2, 0) is 11.8 Å². The molecule has 0 aliphatic carbocycles. The molecule has 0 saturated carbocycles. The monoisotopic (exact) mass is 383 g/mol. The van der Waals surface area contributed by atoms with Gasteiger partial charge in [0.05, 0.1) is 0 Å². The number of carbonyl (C=O) groups excluding carboxylic acids is 1. The molecule has 4 rings (SSSR count). The fourth-order valence-electron chi connectivity index (χ4n) is 2.99. The van der Waals surface area contributed by atoms with Crippen molar-refractivity contribution in [1.29, 1.82) is 0 Å². The zero-order valence-corrected chi connectivity index (χ0v) is 15.4. The van der Waals surface area contributed by atoms with Gasteiger partial charge in [0.1, 0.15) is 18.5 Å². The summed E-state index contributed by atoms with van der Waals surface area (Å²) in [5, 5.41) is 3.66. The molecule has 138 valence electrons. The third kappa shape index (κ3) is 3.61. The van der Waals surface area contributed by atoms with E-state index < -0.39 is 12.1 Å². The zero-order valence-electron chi connectivity index (χ0n) is 14.6. The molecule has 3 aromatic rings. The first kappa shape index (κ1) is 17.4. The highest BCUT2D eigenvalue weighted by atomic mass is 35.5. The molecular weight excluding hydrogens is 366 g/mol. The summed E-state index contributed by atoms with van der Waals surface area (Å²) in [4.78, 5) is 17.3. The van der Waals surface area contributed by atoms with Crippen LogP contribution in [-0.4, -0.2) is 28.2 Å². The third-order valence-electron chi connectivity index (χ3n) is 4.41. The van der Waals surface area contributed by atoms with Crippen molar-refractivity contribution in [2.45, 2.75) is 12.1 Å². The predicted molar refractivity (Wildman–Crippen MR) is 101 cm³/mol. The molecule has 2 atom stereocenters. The second kappa shape index (κ2) is 7.32. The highest BCUT2D eigenvalue weighted by Gasteiger charge is 2.30. The summed E-state index contributed by atoms with van der Waals surface area (Å²) in [7, 11) is 1.88. The Hall–Kier alpha value is -2.99. The molecule has 6 nitrogen and oxygen atoms in total. The molecule has 0 fully saturated rings. The third-order valence-corrected chi connectivity index (χ3v) is 4.66. The normalized spacial score (nSPS) is 16.6. The molecule has 1 aliphatic rings. The van der Waals surface area contributed by atoms with Crippen molar-refractivity contribution < 1.29 is 14.3 Å². The first-order chi connectivity index (χ1) is 13.1. The van der Waals surface area contributed by atoms with Crippen molar-refractivity contribution in [3.63, 3.8) is 0 Å². The van der Waals surface area contributed by atoms with Gasteiger partial charge in [0, 0.05) is 24.5 Å². The van der Waals surface area contributed by atoms with Crippen LogP contribution in [0.5, 0.6) is 11.5 Å². The lowest BCUT2D eigenvalue weighted by Crippen LogP contribution is -2.45. The number of halogens is 1. The summed E-state index contributed by atoms with van der Waals surface area (Å²) in [5.74, 6) is 1.64. The number of ether oxygens (including phenoxy) is 2. The fraction of sp³-hybridized carbons (Fsp3) is 0.200. The average molecular weight is 384 g/mol. The van der Waals surface area contributed by atoms with Gasteiger partial charge in [-0.25, -0.2) is 4.98 Å². The number of nitrogens with one attached hydrogen (secondary N) is 1. The number of nitrogens with zero attached hydrogens (tertiary/aromatic N) is 2. The highest BCUT2D eigenvalue weighted by molar-refractivity contribution is 6.30. The smallest absolute Gasteiger partial charge is 0.265 e. The Balaban J connectivity index is 1.58. The Morgan fingerprint density at radius 3 is 2.67 bits per heavy atom. The van der Waals surface area contributed by atoms with Crippen molar-refractivity contribution in [2.75, 3.05) is 6.61 Å². The van der Waals surface area contributed by atoms with Gasteiger partial charge in [0.25, 0.3) is 5.91 Å². The second-order valence-electron chi connectivity index (χ2n) is 6.25. The first-order valence-electron chi connectivity index (χ1n) is 8.53. The number of fused-ring (bicyclic) bond motifs is 1. The first-order valence-corrected chi connectivity index (χ1v) is 8.91. The molecule has 1 aromatic heterocycles. The van der Waals surface area contributed by atoms with Gasteiger partial charge in [-0.1, -0.05) is 35.9 Å². The SMILES string of the molecule is Cn1ccnc1[C@@H](NC(=O)[C@@H]1COc2ccccc2O1)c1ccc(Cl)cc1. The van der Waals surface area contributed by atoms with Gasteiger partial charge in [-0.05, 0) is 29.8 Å². The molecule has 0 saturated heterocycles. The second-order valence-corrected chi connectivity index (χ2v) is 6.69. The lowest BCUT2D eigenvalue weighted by molar-refractivity contribution is -0.130. The molecule has 0 bridgehead atoms. The number of hydrogen-bond donors (Lipinski definition) is 1. The van der Waals surface area contributed by atoms with E-state index in [0.29, 0.717) is 22.3 Å². The molecule has 0 radical (unpaired) electrons. The minimum Gasteiger partial charge on any atom is -0.485 e. The van der Waals surface area contributed by atoms with Crippen LogP contribution in [0, 0.1) is 0 Å². The molecule has 27 heavy (non-hydrogen) atoms. The number of hydrogen-bond acceptors (Lipinski definition) is 4. The van der Waals surface area contributed by atoms with E-state index in [9.17, 15) is 4.79 Å². The van der Waals surface area contributed by atoms with Gasteiger partial charge in [-0.15, -0.1) is 0 Å². The molecule has 7 heteroatoms. The zero-order chi connectivity index (χ0) is 18.8. The standard InChI is InChI=1S/C20H18ClN3O3/c1-24-11-10-22-19(24)18(13-6-8-14(21)9-7-13)23-20(25)17-12-26-15-4-2-3-5-16(15)27-17/h2-11,17-18H,12H2,1H3,(H,23,25)/t17-,18-/m0/s1. The van der Waals surface area contributed by atoms with E-state index in [1.807, 2.05) is 48.1 Å². The van der Waals surface area contributed by atoms with Gasteiger partial charge in [0.2, 0.25) is 6.10 Å². The molecule has 2 aromatic carbocycles. The van der Waals surface area contributed by atoms with Crippen LogP contribution in [0.3, 0.4) is 0 Å². The van der Waals surface area contributed by atoms with Gasteiger partial charge in [-0.2, -0.15) is 0 Å². The molecule has 1 aliphatic heterocycles. The summed E-state index contributed by atoms with van der Waals surface area (Å²) in [5.41, 5.74) is 0.874. The lowest BCUT2D eigenvalue weighted by Gasteiger charge is -2.27. The number of aromatic nitrogens is 2. The number of amides is 1. The van der Waals surface area contributed by atoms with Crippen LogP contribution in [0.4, 0.5) is 0 Å². The predicted octanol–water partition coefficient (Wildman–Crippen LogP) is 3.12. The summed E-state index contributed by atoms with van der Waals surface area (Å²) in [6, 6.07) is 14.2. The molecule has 0 unspecified atom stereocenters. The summed E-state index contributed by atoms with van der Waals surface area (Å²) in [6.45, 7) is 0.150. The molecule has 2 heterocycles. The minimum atomic E-state index is -0.741. The van der Waals surface area contributed by atoms with Gasteiger partial charge < -0.3 is 19.4 Å². The summed E-state index contributed by atoms with van der Waals surface area (Å²) in [6.07, 6.45) is 2.79. The van der Waals surface area contributed by atoms with E-state index in [2.05, 4.69) is 10.3 Å². The number of rotatable bonds is 4. The number of carbonyl (C=O) groups is 1. The van der Waals surface area contributed by atoms with Gasteiger partial charge in [-0.3, -0.25) is 4.79 Å². The van der Waals surface area contributed by atoms with Crippen LogP contribution in [0.1, 0.15) is 17.4 Å². The van der Waals surface area contributed by atoms with Crippen molar-refractivity contribution >= 4 is 17.5 Å². The molecule has 0 spiro atoms. The van der Waals surface area contributed by atoms with E-state index in [0.717, 1.165) is 5.56 Å². The van der Waals surface area contributed by atoms with E-state index in [-0.39, 0.29) is 12.5 Å². The summed E-state index contributed by atoms with van der Waals surface area (Å²) >= 11 is 6.00. The van der Waals surface area contributed by atoms with Crippen molar-refractivity contribution in [1.82, 2.24) is 14.9 Å².